The Labute approximate surface area is 57.0 Å². The molecule has 1 heteroatoms. The van der Waals surface area contributed by atoms with Gasteiger partial charge < -0.3 is 0 Å². The quantitative estimate of drug-likeness (QED) is 0.529. The van der Waals surface area contributed by atoms with Crippen molar-refractivity contribution in [3.05, 3.63) is 12.2 Å². The van der Waals surface area contributed by atoms with Gasteiger partial charge in [-0.2, -0.15) is 5.26 Å². The largest absolute Gasteiger partial charge is 0.198 e. The van der Waals surface area contributed by atoms with E-state index in [1.54, 1.807) is 0 Å². The number of allylic oxidation sites excluding steroid dienone is 2. The summed E-state index contributed by atoms with van der Waals surface area (Å²) in [5.74, 6) is 0.139. The molecule has 0 aromatic rings. The van der Waals surface area contributed by atoms with Crippen LogP contribution in [0.3, 0.4) is 0 Å². The predicted octanol–water partition coefficient (Wildman–Crippen LogP) is 2.50. The van der Waals surface area contributed by atoms with Gasteiger partial charge in [0.2, 0.25) is 0 Å². The van der Waals surface area contributed by atoms with Crippen molar-refractivity contribution in [3.8, 4) is 6.07 Å². The third-order valence-electron chi connectivity index (χ3n) is 1.19. The molecular formula is C8H13N. The Morgan fingerprint density at radius 2 is 2.33 bits per heavy atom. The van der Waals surface area contributed by atoms with Gasteiger partial charge in [0.1, 0.15) is 0 Å². The second-order valence-corrected chi connectivity index (χ2v) is 2.05. The lowest BCUT2D eigenvalue weighted by atomic mass is 10.1. The lowest BCUT2D eigenvalue weighted by Gasteiger charge is -1.96. The van der Waals surface area contributed by atoms with Gasteiger partial charge in [-0.1, -0.05) is 25.5 Å². The Hall–Kier alpha value is -0.770. The number of nitriles is 1. The molecule has 0 fully saturated rings. The Kier molecular flexibility index (Phi) is 4.91. The molecule has 0 rings (SSSR count). The van der Waals surface area contributed by atoms with Crippen LogP contribution in [0.5, 0.6) is 0 Å². The summed E-state index contributed by atoms with van der Waals surface area (Å²) in [5, 5.41) is 8.49. The molecule has 0 aromatic heterocycles. The SMILES string of the molecule is CC=CC(C#N)CCC. The number of hydrogen-bond donors (Lipinski definition) is 0. The standard InChI is InChI=1S/C8H13N/c1-3-5-8(7-9)6-4-2/h3,5,8H,4,6H2,1-2H3. The van der Waals surface area contributed by atoms with Gasteiger partial charge in [-0.3, -0.25) is 0 Å². The van der Waals surface area contributed by atoms with E-state index in [9.17, 15) is 0 Å². The van der Waals surface area contributed by atoms with E-state index in [2.05, 4.69) is 13.0 Å². The Morgan fingerprint density at radius 1 is 1.67 bits per heavy atom. The molecular weight excluding hydrogens is 110 g/mol. The first-order valence-electron chi connectivity index (χ1n) is 3.37. The molecule has 0 radical (unpaired) electrons. The third kappa shape index (κ3) is 3.78. The maximum atomic E-state index is 8.49. The second-order valence-electron chi connectivity index (χ2n) is 2.05. The monoisotopic (exact) mass is 123 g/mol. The van der Waals surface area contributed by atoms with Crippen molar-refractivity contribution in [2.24, 2.45) is 5.92 Å². The Bertz CT molecular complexity index is 119. The van der Waals surface area contributed by atoms with Crippen LogP contribution < -0.4 is 0 Å². The number of nitrogens with zero attached hydrogens (tertiary/aromatic N) is 1. The van der Waals surface area contributed by atoms with E-state index in [0.29, 0.717) is 0 Å². The van der Waals surface area contributed by atoms with Crippen molar-refractivity contribution in [1.29, 1.82) is 5.26 Å². The van der Waals surface area contributed by atoms with E-state index < -0.39 is 0 Å². The van der Waals surface area contributed by atoms with Crippen LogP contribution in [0.2, 0.25) is 0 Å². The first-order chi connectivity index (χ1) is 4.35. The van der Waals surface area contributed by atoms with Crippen molar-refractivity contribution in [2.45, 2.75) is 26.7 Å². The highest BCUT2D eigenvalue weighted by Gasteiger charge is 1.97. The van der Waals surface area contributed by atoms with E-state index in [1.807, 2.05) is 19.1 Å². The van der Waals surface area contributed by atoms with Gasteiger partial charge >= 0.3 is 0 Å². The molecule has 1 unspecified atom stereocenters. The number of hydrogen-bond acceptors (Lipinski definition) is 1. The van der Waals surface area contributed by atoms with Crippen LogP contribution in [0.15, 0.2) is 12.2 Å². The summed E-state index contributed by atoms with van der Waals surface area (Å²) < 4.78 is 0. The molecule has 0 aliphatic carbocycles. The zero-order valence-electron chi connectivity index (χ0n) is 6.09. The summed E-state index contributed by atoms with van der Waals surface area (Å²) in [6, 6.07) is 2.22. The van der Waals surface area contributed by atoms with E-state index >= 15 is 0 Å². The zero-order valence-corrected chi connectivity index (χ0v) is 6.09. The second kappa shape index (κ2) is 5.37. The molecule has 0 aliphatic rings. The molecule has 50 valence electrons. The smallest absolute Gasteiger partial charge is 0.0697 e. The normalized spacial score (nSPS) is 13.4. The van der Waals surface area contributed by atoms with E-state index in [4.69, 9.17) is 5.26 Å². The molecule has 0 heterocycles. The molecule has 0 saturated heterocycles. The highest BCUT2D eigenvalue weighted by molar-refractivity contribution is 4.98. The van der Waals surface area contributed by atoms with Gasteiger partial charge in [0.05, 0.1) is 12.0 Å². The topological polar surface area (TPSA) is 23.8 Å². The summed E-state index contributed by atoms with van der Waals surface area (Å²) in [7, 11) is 0. The van der Waals surface area contributed by atoms with Crippen molar-refractivity contribution in [3.63, 3.8) is 0 Å². The Morgan fingerprint density at radius 3 is 2.67 bits per heavy atom. The van der Waals surface area contributed by atoms with Crippen LogP contribution in [0.25, 0.3) is 0 Å². The molecule has 1 atom stereocenters. The van der Waals surface area contributed by atoms with E-state index in [1.165, 1.54) is 0 Å². The highest BCUT2D eigenvalue weighted by atomic mass is 14.3. The molecule has 0 saturated carbocycles. The van der Waals surface area contributed by atoms with Crippen LogP contribution in [-0.2, 0) is 0 Å². The van der Waals surface area contributed by atoms with Crippen LogP contribution in [0, 0.1) is 17.2 Å². The fraction of sp³-hybridized carbons (Fsp3) is 0.625. The molecule has 0 aliphatic heterocycles. The fourth-order valence-corrected chi connectivity index (χ4v) is 0.747. The predicted molar refractivity (Wildman–Crippen MR) is 38.8 cm³/mol. The minimum atomic E-state index is 0.139. The minimum Gasteiger partial charge on any atom is -0.198 e. The minimum absolute atomic E-state index is 0.139. The fourth-order valence-electron chi connectivity index (χ4n) is 0.747. The molecule has 0 N–H and O–H groups in total. The summed E-state index contributed by atoms with van der Waals surface area (Å²) in [5.41, 5.74) is 0. The summed E-state index contributed by atoms with van der Waals surface area (Å²) >= 11 is 0. The third-order valence-corrected chi connectivity index (χ3v) is 1.19. The molecule has 0 aromatic carbocycles. The van der Waals surface area contributed by atoms with Crippen molar-refractivity contribution >= 4 is 0 Å². The highest BCUT2D eigenvalue weighted by Crippen LogP contribution is 2.05. The molecule has 9 heavy (non-hydrogen) atoms. The van der Waals surface area contributed by atoms with Crippen LogP contribution >= 0.6 is 0 Å². The number of rotatable bonds is 3. The summed E-state index contributed by atoms with van der Waals surface area (Å²) in [4.78, 5) is 0. The molecule has 0 bridgehead atoms. The van der Waals surface area contributed by atoms with Gasteiger partial charge in [-0.25, -0.2) is 0 Å². The summed E-state index contributed by atoms with van der Waals surface area (Å²) in [6.45, 7) is 4.04. The van der Waals surface area contributed by atoms with Crippen LogP contribution in [0.4, 0.5) is 0 Å². The lowest BCUT2D eigenvalue weighted by Crippen LogP contribution is -1.89. The zero-order chi connectivity index (χ0) is 7.11. The maximum absolute atomic E-state index is 8.49. The van der Waals surface area contributed by atoms with Gasteiger partial charge in [-0.05, 0) is 13.3 Å². The maximum Gasteiger partial charge on any atom is 0.0697 e. The molecule has 1 nitrogen and oxygen atoms in total. The average Bonchev–Trinajstić information content (AvgIpc) is 1.88. The first-order valence-corrected chi connectivity index (χ1v) is 3.37. The molecule has 0 amide bonds. The Balaban J connectivity index is 3.58. The van der Waals surface area contributed by atoms with Gasteiger partial charge in [0, 0.05) is 0 Å². The summed E-state index contributed by atoms with van der Waals surface area (Å²) in [6.07, 6.45) is 5.95. The van der Waals surface area contributed by atoms with E-state index in [-0.39, 0.29) is 5.92 Å². The average molecular weight is 123 g/mol. The van der Waals surface area contributed by atoms with Crippen LogP contribution in [0.1, 0.15) is 26.7 Å². The van der Waals surface area contributed by atoms with Crippen molar-refractivity contribution in [1.82, 2.24) is 0 Å². The lowest BCUT2D eigenvalue weighted by molar-refractivity contribution is 0.701. The first kappa shape index (κ1) is 8.23. The van der Waals surface area contributed by atoms with Crippen molar-refractivity contribution in [2.75, 3.05) is 0 Å². The van der Waals surface area contributed by atoms with Crippen molar-refractivity contribution < 1.29 is 0 Å². The van der Waals surface area contributed by atoms with Gasteiger partial charge in [0.25, 0.3) is 0 Å². The molecule has 0 spiro atoms. The van der Waals surface area contributed by atoms with E-state index in [0.717, 1.165) is 12.8 Å². The van der Waals surface area contributed by atoms with Crippen LogP contribution in [-0.4, -0.2) is 0 Å². The van der Waals surface area contributed by atoms with Gasteiger partial charge in [-0.15, -0.1) is 0 Å². The van der Waals surface area contributed by atoms with Gasteiger partial charge in [0.15, 0.2) is 0 Å².